The molecule has 1 fully saturated rings. The zero-order chi connectivity index (χ0) is 17.6. The van der Waals surface area contributed by atoms with E-state index in [4.69, 9.17) is 0 Å². The smallest absolute Gasteiger partial charge is 0.255 e. The fourth-order valence-corrected chi connectivity index (χ4v) is 3.12. The van der Waals surface area contributed by atoms with Gasteiger partial charge >= 0.3 is 0 Å². The van der Waals surface area contributed by atoms with Crippen molar-refractivity contribution in [2.75, 3.05) is 5.32 Å². The minimum Gasteiger partial charge on any atom is -0.349 e. The molecule has 2 aromatic rings. The predicted octanol–water partition coefficient (Wildman–Crippen LogP) is 4.14. The molecule has 0 bridgehead atoms. The van der Waals surface area contributed by atoms with Gasteiger partial charge in [-0.05, 0) is 43.2 Å². The van der Waals surface area contributed by atoms with Crippen molar-refractivity contribution in [3.63, 3.8) is 0 Å². The summed E-state index contributed by atoms with van der Waals surface area (Å²) in [7, 11) is 0. The summed E-state index contributed by atoms with van der Waals surface area (Å²) in [5, 5.41) is 5.75. The summed E-state index contributed by atoms with van der Waals surface area (Å²) in [6, 6.07) is 12.5. The number of halogens is 1. The average molecular weight is 340 g/mol. The van der Waals surface area contributed by atoms with Crippen LogP contribution in [0.4, 0.5) is 10.1 Å². The molecule has 0 aromatic heterocycles. The van der Waals surface area contributed by atoms with Gasteiger partial charge in [-0.15, -0.1) is 0 Å². The number of anilines is 1. The Balaban J connectivity index is 1.74. The van der Waals surface area contributed by atoms with E-state index in [0.717, 1.165) is 25.7 Å². The van der Waals surface area contributed by atoms with Crippen LogP contribution < -0.4 is 10.6 Å². The molecule has 0 spiro atoms. The first-order valence-electron chi connectivity index (χ1n) is 8.60. The zero-order valence-electron chi connectivity index (χ0n) is 13.9. The van der Waals surface area contributed by atoms with Gasteiger partial charge in [-0.1, -0.05) is 37.5 Å². The third kappa shape index (κ3) is 4.44. The first kappa shape index (κ1) is 17.1. The second kappa shape index (κ2) is 7.92. The molecule has 5 heteroatoms. The summed E-state index contributed by atoms with van der Waals surface area (Å²) in [5.74, 6) is -1.12. The molecule has 1 aliphatic rings. The Hall–Kier alpha value is -2.69. The third-order valence-corrected chi connectivity index (χ3v) is 4.45. The number of benzene rings is 2. The molecule has 0 atom stereocenters. The van der Waals surface area contributed by atoms with Crippen LogP contribution in [-0.2, 0) is 0 Å². The highest BCUT2D eigenvalue weighted by molar-refractivity contribution is 6.09. The Kier molecular flexibility index (Phi) is 5.43. The van der Waals surface area contributed by atoms with Gasteiger partial charge in [0, 0.05) is 11.6 Å². The monoisotopic (exact) mass is 340 g/mol. The molecule has 2 amide bonds. The van der Waals surface area contributed by atoms with Gasteiger partial charge in [0.15, 0.2) is 0 Å². The maximum atomic E-state index is 13.3. The molecule has 0 radical (unpaired) electrons. The van der Waals surface area contributed by atoms with Crippen LogP contribution >= 0.6 is 0 Å². The predicted molar refractivity (Wildman–Crippen MR) is 95.1 cm³/mol. The summed E-state index contributed by atoms with van der Waals surface area (Å²) in [5.41, 5.74) is 1.05. The molecule has 25 heavy (non-hydrogen) atoms. The van der Waals surface area contributed by atoms with E-state index in [1.54, 1.807) is 24.3 Å². The van der Waals surface area contributed by atoms with E-state index in [1.807, 2.05) is 0 Å². The molecule has 130 valence electrons. The maximum absolute atomic E-state index is 13.3. The Labute approximate surface area is 146 Å². The number of carbonyl (C=O) groups excluding carboxylic acids is 2. The van der Waals surface area contributed by atoms with E-state index >= 15 is 0 Å². The molecule has 4 nitrogen and oxygen atoms in total. The minimum atomic E-state index is -0.476. The molecule has 1 saturated carbocycles. The number of para-hydroxylation sites is 1. The van der Waals surface area contributed by atoms with E-state index in [2.05, 4.69) is 10.6 Å². The summed E-state index contributed by atoms with van der Waals surface area (Å²) in [6.45, 7) is 0. The van der Waals surface area contributed by atoms with Gasteiger partial charge < -0.3 is 10.6 Å². The SMILES string of the molecule is O=C(Nc1ccccc1C(=O)NC1CCCCC1)c1cccc(F)c1. The topological polar surface area (TPSA) is 58.2 Å². The van der Waals surface area contributed by atoms with Crippen molar-refractivity contribution in [3.05, 3.63) is 65.5 Å². The molecule has 0 heterocycles. The van der Waals surface area contributed by atoms with Crippen LogP contribution in [0.2, 0.25) is 0 Å². The molecule has 1 aliphatic carbocycles. The Morgan fingerprint density at radius 2 is 1.68 bits per heavy atom. The third-order valence-electron chi connectivity index (χ3n) is 4.45. The van der Waals surface area contributed by atoms with Gasteiger partial charge in [0.05, 0.1) is 11.3 Å². The lowest BCUT2D eigenvalue weighted by Crippen LogP contribution is -2.36. The first-order valence-corrected chi connectivity index (χ1v) is 8.60. The van der Waals surface area contributed by atoms with Crippen LogP contribution in [0.3, 0.4) is 0 Å². The van der Waals surface area contributed by atoms with Crippen LogP contribution in [0.1, 0.15) is 52.8 Å². The van der Waals surface area contributed by atoms with Crippen molar-refractivity contribution in [2.24, 2.45) is 0 Å². The lowest BCUT2D eigenvalue weighted by Gasteiger charge is -2.23. The number of nitrogens with one attached hydrogen (secondary N) is 2. The van der Waals surface area contributed by atoms with E-state index in [1.165, 1.54) is 30.7 Å². The fourth-order valence-electron chi connectivity index (χ4n) is 3.12. The van der Waals surface area contributed by atoms with Crippen molar-refractivity contribution in [1.29, 1.82) is 0 Å². The Bertz CT molecular complexity index is 770. The van der Waals surface area contributed by atoms with Crippen LogP contribution in [0.5, 0.6) is 0 Å². The van der Waals surface area contributed by atoms with Crippen molar-refractivity contribution < 1.29 is 14.0 Å². The second-order valence-corrected chi connectivity index (χ2v) is 6.32. The number of carbonyl (C=O) groups is 2. The van der Waals surface area contributed by atoms with Crippen molar-refractivity contribution in [3.8, 4) is 0 Å². The van der Waals surface area contributed by atoms with Crippen molar-refractivity contribution >= 4 is 17.5 Å². The molecule has 0 aliphatic heterocycles. The number of hydrogen-bond acceptors (Lipinski definition) is 2. The molecule has 3 rings (SSSR count). The normalized spacial score (nSPS) is 14.8. The van der Waals surface area contributed by atoms with Crippen molar-refractivity contribution in [2.45, 2.75) is 38.1 Å². The molecular formula is C20H21FN2O2. The molecule has 2 aromatic carbocycles. The quantitative estimate of drug-likeness (QED) is 0.879. The second-order valence-electron chi connectivity index (χ2n) is 6.32. The fraction of sp³-hybridized carbons (Fsp3) is 0.300. The van der Waals surface area contributed by atoms with Gasteiger partial charge in [0.1, 0.15) is 5.82 Å². The first-order chi connectivity index (χ1) is 12.1. The number of rotatable bonds is 4. The highest BCUT2D eigenvalue weighted by atomic mass is 19.1. The van der Waals surface area contributed by atoms with Gasteiger partial charge in [-0.2, -0.15) is 0 Å². The van der Waals surface area contributed by atoms with Crippen LogP contribution in [0, 0.1) is 5.82 Å². The van der Waals surface area contributed by atoms with Crippen LogP contribution in [-0.4, -0.2) is 17.9 Å². The largest absolute Gasteiger partial charge is 0.349 e. The van der Waals surface area contributed by atoms with Gasteiger partial charge in [0.2, 0.25) is 0 Å². The van der Waals surface area contributed by atoms with Gasteiger partial charge in [-0.3, -0.25) is 9.59 Å². The maximum Gasteiger partial charge on any atom is 0.255 e. The van der Waals surface area contributed by atoms with E-state index in [-0.39, 0.29) is 17.5 Å². The van der Waals surface area contributed by atoms with Crippen molar-refractivity contribution in [1.82, 2.24) is 5.32 Å². The lowest BCUT2D eigenvalue weighted by atomic mass is 9.95. The van der Waals surface area contributed by atoms with E-state index in [9.17, 15) is 14.0 Å². The molecule has 2 N–H and O–H groups in total. The lowest BCUT2D eigenvalue weighted by molar-refractivity contribution is 0.0928. The summed E-state index contributed by atoms with van der Waals surface area (Å²) in [6.07, 6.45) is 5.45. The van der Waals surface area contributed by atoms with E-state index in [0.29, 0.717) is 11.3 Å². The molecule has 0 saturated heterocycles. The van der Waals surface area contributed by atoms with Crippen LogP contribution in [0.15, 0.2) is 48.5 Å². The zero-order valence-corrected chi connectivity index (χ0v) is 13.9. The minimum absolute atomic E-state index is 0.188. The molecular weight excluding hydrogens is 319 g/mol. The van der Waals surface area contributed by atoms with Gasteiger partial charge in [-0.25, -0.2) is 4.39 Å². The average Bonchev–Trinajstić information content (AvgIpc) is 2.63. The molecule has 0 unspecified atom stereocenters. The van der Waals surface area contributed by atoms with Gasteiger partial charge in [0.25, 0.3) is 11.8 Å². The summed E-state index contributed by atoms with van der Waals surface area (Å²) in [4.78, 5) is 24.9. The number of hydrogen-bond donors (Lipinski definition) is 2. The Morgan fingerprint density at radius 3 is 2.44 bits per heavy atom. The summed E-state index contributed by atoms with van der Waals surface area (Å²) >= 11 is 0. The standard InChI is InChI=1S/C20H21FN2O2/c21-15-8-6-7-14(13-15)19(24)23-18-12-5-4-11-17(18)20(25)22-16-9-2-1-3-10-16/h4-8,11-13,16H,1-3,9-10H2,(H,22,25)(H,23,24). The highest BCUT2D eigenvalue weighted by Gasteiger charge is 2.19. The Morgan fingerprint density at radius 1 is 0.920 bits per heavy atom. The highest BCUT2D eigenvalue weighted by Crippen LogP contribution is 2.20. The van der Waals surface area contributed by atoms with Crippen LogP contribution in [0.25, 0.3) is 0 Å². The summed E-state index contributed by atoms with van der Waals surface area (Å²) < 4.78 is 13.3. The van der Waals surface area contributed by atoms with E-state index < -0.39 is 11.7 Å². The number of amides is 2.